The molecule has 5 nitrogen and oxygen atoms in total. The number of amides is 2. The van der Waals surface area contributed by atoms with Crippen LogP contribution in [0, 0.1) is 0 Å². The molecule has 5 heteroatoms. The van der Waals surface area contributed by atoms with Gasteiger partial charge in [0, 0.05) is 13.6 Å². The Hall–Kier alpha value is -1.88. The van der Waals surface area contributed by atoms with E-state index in [0.717, 1.165) is 12.0 Å². The summed E-state index contributed by atoms with van der Waals surface area (Å²) in [6.45, 7) is 0.424. The minimum atomic E-state index is -0.772. The van der Waals surface area contributed by atoms with Crippen molar-refractivity contribution in [2.24, 2.45) is 0 Å². The number of benzene rings is 1. The number of carbonyl (C=O) groups excluding carboxylic acids is 2. The monoisotopic (exact) mass is 288 g/mol. The van der Waals surface area contributed by atoms with Crippen LogP contribution in [0.25, 0.3) is 0 Å². The number of aliphatic hydroxyl groups excluding tert-OH is 1. The Bertz CT molecular complexity index is 546. The van der Waals surface area contributed by atoms with Gasteiger partial charge < -0.3 is 14.9 Å². The fourth-order valence-corrected chi connectivity index (χ4v) is 3.34. The molecule has 2 bridgehead atoms. The van der Waals surface area contributed by atoms with Crippen molar-refractivity contribution in [1.82, 2.24) is 9.80 Å². The zero-order chi connectivity index (χ0) is 15.0. The second-order valence-corrected chi connectivity index (χ2v) is 5.86. The van der Waals surface area contributed by atoms with E-state index in [9.17, 15) is 14.7 Å². The molecule has 4 rings (SSSR count). The zero-order valence-corrected chi connectivity index (χ0v) is 12.1. The van der Waals surface area contributed by atoms with E-state index < -0.39 is 18.2 Å². The van der Waals surface area contributed by atoms with Crippen LogP contribution in [0.15, 0.2) is 30.3 Å². The van der Waals surface area contributed by atoms with Crippen molar-refractivity contribution in [3.05, 3.63) is 35.9 Å². The molecule has 1 aromatic carbocycles. The predicted octanol–water partition coefficient (Wildman–Crippen LogP) is 0.769. The molecule has 1 aromatic rings. The first kappa shape index (κ1) is 14.1. The van der Waals surface area contributed by atoms with E-state index in [4.69, 9.17) is 0 Å². The first-order valence-electron chi connectivity index (χ1n) is 7.38. The van der Waals surface area contributed by atoms with Crippen molar-refractivity contribution in [3.63, 3.8) is 0 Å². The van der Waals surface area contributed by atoms with E-state index in [1.165, 1.54) is 4.90 Å². The highest BCUT2D eigenvalue weighted by molar-refractivity contribution is 5.97. The third kappa shape index (κ3) is 2.42. The molecular formula is C16H20N2O3. The summed E-state index contributed by atoms with van der Waals surface area (Å²) in [5.74, 6) is -0.201. The lowest BCUT2D eigenvalue weighted by Gasteiger charge is -2.47. The maximum Gasteiger partial charge on any atom is 0.249 e. The summed E-state index contributed by atoms with van der Waals surface area (Å²) in [5.41, 5.74) is 1.00. The van der Waals surface area contributed by atoms with E-state index in [1.807, 2.05) is 30.3 Å². The largest absolute Gasteiger partial charge is 0.390 e. The molecule has 21 heavy (non-hydrogen) atoms. The zero-order valence-electron chi connectivity index (χ0n) is 12.1. The first-order valence-corrected chi connectivity index (χ1v) is 7.38. The molecule has 3 saturated heterocycles. The van der Waals surface area contributed by atoms with Crippen LogP contribution in [-0.2, 0) is 16.1 Å². The highest BCUT2D eigenvalue weighted by Gasteiger charge is 2.48. The number of likely N-dealkylation sites (N-methyl/N-ethyl adjacent to an activating group) is 1. The molecule has 0 aliphatic carbocycles. The van der Waals surface area contributed by atoms with E-state index in [-0.39, 0.29) is 11.8 Å². The number of rotatable bonds is 2. The van der Waals surface area contributed by atoms with Gasteiger partial charge in [-0.05, 0) is 24.8 Å². The van der Waals surface area contributed by atoms with Crippen LogP contribution < -0.4 is 0 Å². The SMILES string of the molecule is CN1C(=O)[C@H]2CCC[C@H](O)[C@@H]1C(=O)N2Cc1ccccc1. The Morgan fingerprint density at radius 3 is 2.57 bits per heavy atom. The molecule has 112 valence electrons. The van der Waals surface area contributed by atoms with Gasteiger partial charge in [0.2, 0.25) is 11.8 Å². The summed E-state index contributed by atoms with van der Waals surface area (Å²) < 4.78 is 0. The predicted molar refractivity (Wildman–Crippen MR) is 77.2 cm³/mol. The van der Waals surface area contributed by atoms with Crippen LogP contribution in [-0.4, -0.2) is 52.0 Å². The van der Waals surface area contributed by atoms with Gasteiger partial charge in [-0.2, -0.15) is 0 Å². The Balaban J connectivity index is 1.92. The van der Waals surface area contributed by atoms with Crippen LogP contribution in [0.3, 0.4) is 0 Å². The second-order valence-electron chi connectivity index (χ2n) is 5.86. The van der Waals surface area contributed by atoms with Crippen LogP contribution in [0.4, 0.5) is 0 Å². The average molecular weight is 288 g/mol. The summed E-state index contributed by atoms with van der Waals surface area (Å²) in [6.07, 6.45) is 1.18. The summed E-state index contributed by atoms with van der Waals surface area (Å²) in [5, 5.41) is 10.2. The fraction of sp³-hybridized carbons (Fsp3) is 0.500. The van der Waals surface area contributed by atoms with E-state index in [1.54, 1.807) is 11.9 Å². The molecule has 0 spiro atoms. The van der Waals surface area contributed by atoms with E-state index in [2.05, 4.69) is 0 Å². The quantitative estimate of drug-likeness (QED) is 0.874. The Morgan fingerprint density at radius 1 is 1.14 bits per heavy atom. The molecule has 0 aromatic heterocycles. The number of fused-ring (bicyclic) bond motifs is 5. The lowest BCUT2D eigenvalue weighted by atomic mass is 9.90. The van der Waals surface area contributed by atoms with Crippen molar-refractivity contribution in [2.45, 2.75) is 44.0 Å². The van der Waals surface area contributed by atoms with Crippen LogP contribution in [0.2, 0.25) is 0 Å². The normalized spacial score (nSPS) is 29.5. The van der Waals surface area contributed by atoms with Crippen LogP contribution in [0.1, 0.15) is 24.8 Å². The van der Waals surface area contributed by atoms with Crippen molar-refractivity contribution in [3.8, 4) is 0 Å². The summed E-state index contributed by atoms with van der Waals surface area (Å²) in [7, 11) is 1.62. The molecular weight excluding hydrogens is 268 g/mol. The molecule has 1 N–H and O–H groups in total. The third-order valence-electron chi connectivity index (χ3n) is 4.50. The standard InChI is InChI=1S/C16H20N2O3/c1-17-14-13(19)9-5-8-12(15(17)20)18(16(14)21)10-11-6-3-2-4-7-11/h2-4,6-7,12-14,19H,5,8-10H2,1H3/t12-,13+,14-/m1/s1. The summed E-state index contributed by atoms with van der Waals surface area (Å²) in [6, 6.07) is 8.53. The van der Waals surface area contributed by atoms with Crippen molar-refractivity contribution < 1.29 is 14.7 Å². The maximum atomic E-state index is 12.7. The first-order chi connectivity index (χ1) is 10.1. The lowest BCUT2D eigenvalue weighted by molar-refractivity contribution is -0.168. The molecule has 3 atom stereocenters. The summed E-state index contributed by atoms with van der Waals surface area (Å²) >= 11 is 0. The van der Waals surface area contributed by atoms with E-state index >= 15 is 0 Å². The number of carbonyl (C=O) groups is 2. The van der Waals surface area contributed by atoms with Crippen LogP contribution in [0.5, 0.6) is 0 Å². The van der Waals surface area contributed by atoms with Gasteiger partial charge in [-0.25, -0.2) is 0 Å². The van der Waals surface area contributed by atoms with Crippen molar-refractivity contribution >= 4 is 11.8 Å². The maximum absolute atomic E-state index is 12.7. The van der Waals surface area contributed by atoms with Crippen molar-refractivity contribution in [1.29, 1.82) is 0 Å². The number of hydrogen-bond acceptors (Lipinski definition) is 3. The topological polar surface area (TPSA) is 60.9 Å². The highest BCUT2D eigenvalue weighted by atomic mass is 16.3. The molecule has 3 aliphatic rings. The minimum absolute atomic E-state index is 0.0609. The summed E-state index contributed by atoms with van der Waals surface area (Å²) in [4.78, 5) is 28.2. The molecule has 0 radical (unpaired) electrons. The molecule has 2 amide bonds. The third-order valence-corrected chi connectivity index (χ3v) is 4.50. The molecule has 0 unspecified atom stereocenters. The Kier molecular flexibility index (Phi) is 3.68. The van der Waals surface area contributed by atoms with Gasteiger partial charge in [-0.3, -0.25) is 9.59 Å². The van der Waals surface area contributed by atoms with Gasteiger partial charge in [-0.15, -0.1) is 0 Å². The average Bonchev–Trinajstić information content (AvgIpc) is 2.47. The molecule has 3 fully saturated rings. The van der Waals surface area contributed by atoms with Gasteiger partial charge in [0.15, 0.2) is 0 Å². The molecule has 3 heterocycles. The Labute approximate surface area is 124 Å². The number of nitrogens with zero attached hydrogens (tertiary/aromatic N) is 2. The molecule has 3 aliphatic heterocycles. The van der Waals surface area contributed by atoms with Gasteiger partial charge in [-0.1, -0.05) is 30.3 Å². The highest BCUT2D eigenvalue weighted by Crippen LogP contribution is 2.29. The Morgan fingerprint density at radius 2 is 1.86 bits per heavy atom. The van der Waals surface area contributed by atoms with E-state index in [0.29, 0.717) is 19.4 Å². The number of aliphatic hydroxyl groups is 1. The van der Waals surface area contributed by atoms with Gasteiger partial charge in [0.1, 0.15) is 12.1 Å². The molecule has 0 saturated carbocycles. The minimum Gasteiger partial charge on any atom is -0.390 e. The fourth-order valence-electron chi connectivity index (χ4n) is 3.34. The smallest absolute Gasteiger partial charge is 0.249 e. The number of hydrogen-bond donors (Lipinski definition) is 1. The van der Waals surface area contributed by atoms with Gasteiger partial charge in [0.05, 0.1) is 6.10 Å². The second kappa shape index (κ2) is 5.48. The lowest BCUT2D eigenvalue weighted by Crippen LogP contribution is -2.67. The van der Waals surface area contributed by atoms with Gasteiger partial charge in [0.25, 0.3) is 0 Å². The van der Waals surface area contributed by atoms with Gasteiger partial charge >= 0.3 is 0 Å². The van der Waals surface area contributed by atoms with Crippen LogP contribution >= 0.6 is 0 Å². The number of piperazine rings is 1. The van der Waals surface area contributed by atoms with Crippen molar-refractivity contribution in [2.75, 3.05) is 7.05 Å².